The lowest BCUT2D eigenvalue weighted by molar-refractivity contribution is -0.123. The van der Waals surface area contributed by atoms with Crippen molar-refractivity contribution in [3.63, 3.8) is 0 Å². The SMILES string of the molecule is CN(C)c1nc2ccccn2c(=O)c1/C=C1\SC(=S)N(C[C@H]2CCCO2)C1=O. The molecule has 2 aliphatic rings. The number of carbonyl (C=O) groups excluding carboxylic acids is 1. The first kappa shape index (κ1) is 19.1. The van der Waals surface area contributed by atoms with Crippen molar-refractivity contribution in [3.8, 4) is 0 Å². The molecule has 0 aliphatic carbocycles. The zero-order chi connectivity index (χ0) is 19.8. The van der Waals surface area contributed by atoms with Gasteiger partial charge in [0.1, 0.15) is 15.8 Å². The molecular weight excluding hydrogens is 396 g/mol. The summed E-state index contributed by atoms with van der Waals surface area (Å²) in [6.45, 7) is 1.18. The number of ether oxygens (including phenoxy) is 1. The summed E-state index contributed by atoms with van der Waals surface area (Å²) in [6, 6.07) is 5.38. The van der Waals surface area contributed by atoms with Gasteiger partial charge in [-0.15, -0.1) is 0 Å². The molecule has 4 rings (SSSR count). The Morgan fingerprint density at radius 2 is 2.21 bits per heavy atom. The molecule has 2 aromatic heterocycles. The topological polar surface area (TPSA) is 67.2 Å². The number of fused-ring (bicyclic) bond motifs is 1. The largest absolute Gasteiger partial charge is 0.376 e. The van der Waals surface area contributed by atoms with Gasteiger partial charge < -0.3 is 9.64 Å². The van der Waals surface area contributed by atoms with Crippen LogP contribution in [0.5, 0.6) is 0 Å². The standard InChI is InChI=1S/C19H20N4O3S2/c1-21(2)16-13(17(24)22-8-4-3-7-15(22)20-16)10-14-18(25)23(19(27)28-14)11-12-6-5-9-26-12/h3-4,7-8,10,12H,5-6,9,11H2,1-2H3/b14-10-/t12-/m1/s1. The van der Waals surface area contributed by atoms with Crippen molar-refractivity contribution in [1.29, 1.82) is 0 Å². The second-order valence-corrected chi connectivity index (χ2v) is 8.58. The molecule has 0 aromatic carbocycles. The molecule has 0 N–H and O–H groups in total. The van der Waals surface area contributed by atoms with E-state index in [0.29, 0.717) is 32.8 Å². The molecule has 9 heteroatoms. The molecule has 2 aliphatic heterocycles. The number of aromatic nitrogens is 2. The van der Waals surface area contributed by atoms with Crippen LogP contribution in [0.25, 0.3) is 11.7 Å². The van der Waals surface area contributed by atoms with Gasteiger partial charge in [0.25, 0.3) is 11.5 Å². The Bertz CT molecular complexity index is 1040. The number of pyridine rings is 1. The molecule has 2 aromatic rings. The third-order valence-electron chi connectivity index (χ3n) is 4.73. The van der Waals surface area contributed by atoms with E-state index >= 15 is 0 Å². The second kappa shape index (κ2) is 7.65. The molecule has 4 heterocycles. The number of hydrogen-bond acceptors (Lipinski definition) is 7. The number of amides is 1. The summed E-state index contributed by atoms with van der Waals surface area (Å²) in [5.74, 6) is 0.327. The van der Waals surface area contributed by atoms with Crippen LogP contribution in [0.4, 0.5) is 5.82 Å². The van der Waals surface area contributed by atoms with Crippen LogP contribution in [-0.2, 0) is 9.53 Å². The Morgan fingerprint density at radius 3 is 2.93 bits per heavy atom. The minimum absolute atomic E-state index is 0.0205. The number of hydrogen-bond donors (Lipinski definition) is 0. The number of thioether (sulfide) groups is 1. The van der Waals surface area contributed by atoms with Gasteiger partial charge >= 0.3 is 0 Å². The zero-order valence-electron chi connectivity index (χ0n) is 15.6. The van der Waals surface area contributed by atoms with E-state index in [-0.39, 0.29) is 17.6 Å². The van der Waals surface area contributed by atoms with E-state index in [1.54, 1.807) is 34.2 Å². The van der Waals surface area contributed by atoms with Gasteiger partial charge in [-0.1, -0.05) is 30.0 Å². The van der Waals surface area contributed by atoms with E-state index in [1.165, 1.54) is 16.2 Å². The van der Waals surface area contributed by atoms with E-state index in [9.17, 15) is 9.59 Å². The van der Waals surface area contributed by atoms with Gasteiger partial charge in [0.05, 0.1) is 23.1 Å². The Kier molecular flexibility index (Phi) is 5.22. The van der Waals surface area contributed by atoms with Gasteiger partial charge in [-0.05, 0) is 31.1 Å². The van der Waals surface area contributed by atoms with E-state index in [1.807, 2.05) is 20.2 Å². The van der Waals surface area contributed by atoms with Gasteiger partial charge in [-0.2, -0.15) is 0 Å². The average Bonchev–Trinajstić information content (AvgIpc) is 3.28. The van der Waals surface area contributed by atoms with Crippen molar-refractivity contribution in [1.82, 2.24) is 14.3 Å². The van der Waals surface area contributed by atoms with Crippen molar-refractivity contribution < 1.29 is 9.53 Å². The highest BCUT2D eigenvalue weighted by atomic mass is 32.2. The summed E-state index contributed by atoms with van der Waals surface area (Å²) >= 11 is 6.62. The normalized spacial score (nSPS) is 21.3. The number of thiocarbonyl (C=S) groups is 1. The molecule has 28 heavy (non-hydrogen) atoms. The third-order valence-corrected chi connectivity index (χ3v) is 6.11. The first-order chi connectivity index (χ1) is 13.5. The zero-order valence-corrected chi connectivity index (χ0v) is 17.3. The number of nitrogens with zero attached hydrogens (tertiary/aromatic N) is 4. The molecule has 0 bridgehead atoms. The van der Waals surface area contributed by atoms with Gasteiger partial charge in [0.2, 0.25) is 0 Å². The van der Waals surface area contributed by atoms with Crippen LogP contribution in [0.1, 0.15) is 18.4 Å². The van der Waals surface area contributed by atoms with Crippen LogP contribution in [0.2, 0.25) is 0 Å². The fourth-order valence-corrected chi connectivity index (χ4v) is 4.60. The lowest BCUT2D eigenvalue weighted by Gasteiger charge is -2.18. The minimum Gasteiger partial charge on any atom is -0.376 e. The summed E-state index contributed by atoms with van der Waals surface area (Å²) in [4.78, 5) is 34.3. The molecule has 7 nitrogen and oxygen atoms in total. The second-order valence-electron chi connectivity index (χ2n) is 6.90. The maximum atomic E-state index is 13.1. The summed E-state index contributed by atoms with van der Waals surface area (Å²) in [6.07, 6.45) is 5.23. The van der Waals surface area contributed by atoms with Crippen molar-refractivity contribution in [2.75, 3.05) is 32.1 Å². The first-order valence-electron chi connectivity index (χ1n) is 9.01. The lowest BCUT2D eigenvalue weighted by Crippen LogP contribution is -2.35. The van der Waals surface area contributed by atoms with Crippen LogP contribution in [-0.4, -0.2) is 57.9 Å². The molecule has 0 unspecified atom stereocenters. The van der Waals surface area contributed by atoms with Crippen LogP contribution in [0.15, 0.2) is 34.1 Å². The molecule has 1 amide bonds. The maximum Gasteiger partial charge on any atom is 0.267 e. The average molecular weight is 417 g/mol. The van der Waals surface area contributed by atoms with Crippen LogP contribution >= 0.6 is 24.0 Å². The monoisotopic (exact) mass is 416 g/mol. The summed E-state index contributed by atoms with van der Waals surface area (Å²) in [7, 11) is 3.64. The fourth-order valence-electron chi connectivity index (χ4n) is 3.34. The first-order valence-corrected chi connectivity index (χ1v) is 10.2. The maximum absolute atomic E-state index is 13.1. The molecule has 146 valence electrons. The molecule has 1 atom stereocenters. The summed E-state index contributed by atoms with van der Waals surface area (Å²) in [5, 5.41) is 0. The minimum atomic E-state index is -0.223. The van der Waals surface area contributed by atoms with Crippen LogP contribution < -0.4 is 10.5 Å². The van der Waals surface area contributed by atoms with E-state index in [2.05, 4.69) is 4.98 Å². The summed E-state index contributed by atoms with van der Waals surface area (Å²) in [5.41, 5.74) is 0.698. The number of rotatable bonds is 4. The smallest absolute Gasteiger partial charge is 0.267 e. The highest BCUT2D eigenvalue weighted by molar-refractivity contribution is 8.26. The molecule has 0 radical (unpaired) electrons. The lowest BCUT2D eigenvalue weighted by atomic mass is 10.2. The predicted molar refractivity (Wildman–Crippen MR) is 115 cm³/mol. The highest BCUT2D eigenvalue weighted by Crippen LogP contribution is 2.34. The number of carbonyl (C=O) groups is 1. The molecular formula is C19H20N4O3S2. The molecule has 2 fully saturated rings. The van der Waals surface area contributed by atoms with E-state index in [4.69, 9.17) is 17.0 Å². The Hall–Kier alpha value is -2.23. The highest BCUT2D eigenvalue weighted by Gasteiger charge is 2.35. The van der Waals surface area contributed by atoms with Crippen LogP contribution in [0, 0.1) is 0 Å². The van der Waals surface area contributed by atoms with Crippen molar-refractivity contribution in [2.45, 2.75) is 18.9 Å². The van der Waals surface area contributed by atoms with Crippen molar-refractivity contribution >= 4 is 51.7 Å². The Labute approximate surface area is 172 Å². The molecule has 0 saturated carbocycles. The summed E-state index contributed by atoms with van der Waals surface area (Å²) < 4.78 is 7.60. The predicted octanol–water partition coefficient (Wildman–Crippen LogP) is 2.14. The van der Waals surface area contributed by atoms with Gasteiger partial charge in [0.15, 0.2) is 0 Å². The molecule has 0 spiro atoms. The van der Waals surface area contributed by atoms with Crippen molar-refractivity contribution in [3.05, 3.63) is 45.2 Å². The van der Waals surface area contributed by atoms with E-state index < -0.39 is 0 Å². The van der Waals surface area contributed by atoms with E-state index in [0.717, 1.165) is 19.4 Å². The Morgan fingerprint density at radius 1 is 1.39 bits per heavy atom. The fraction of sp³-hybridized carbons (Fsp3) is 0.368. The quantitative estimate of drug-likeness (QED) is 0.559. The van der Waals surface area contributed by atoms with Gasteiger partial charge in [-0.3, -0.25) is 18.9 Å². The molecule has 2 saturated heterocycles. The Balaban J connectivity index is 1.74. The third kappa shape index (κ3) is 3.45. The van der Waals surface area contributed by atoms with Gasteiger partial charge in [0, 0.05) is 26.9 Å². The van der Waals surface area contributed by atoms with Gasteiger partial charge in [-0.25, -0.2) is 4.98 Å². The van der Waals surface area contributed by atoms with Crippen LogP contribution in [0.3, 0.4) is 0 Å². The number of anilines is 1. The van der Waals surface area contributed by atoms with Crippen molar-refractivity contribution in [2.24, 2.45) is 0 Å².